The normalized spacial score (nSPS) is 35.3. The second-order valence-corrected chi connectivity index (χ2v) is 6.98. The Kier molecular flexibility index (Phi) is 3.37. The Bertz CT molecular complexity index is 802. The Morgan fingerprint density at radius 2 is 2.08 bits per heavy atom. The molecule has 1 aromatic carbocycles. The van der Waals surface area contributed by atoms with Gasteiger partial charge in [-0.25, -0.2) is 4.39 Å². The average Bonchev–Trinajstić information content (AvgIpc) is 3.18. The van der Waals surface area contributed by atoms with Crippen molar-refractivity contribution in [3.05, 3.63) is 54.4 Å². The SMILES string of the molecule is C=C(C)C[C@@H]1N(c2ccc(F)cc2)C(=O)[C@H]2[C@H](C(=O)[O-])[C@H]3C=C[C@@]12O3. The van der Waals surface area contributed by atoms with E-state index in [-0.39, 0.29) is 5.91 Å². The smallest absolute Gasteiger partial charge is 0.234 e. The highest BCUT2D eigenvalue weighted by molar-refractivity contribution is 6.03. The first-order valence-electron chi connectivity index (χ1n) is 8.16. The highest BCUT2D eigenvalue weighted by atomic mass is 19.1. The molecule has 25 heavy (non-hydrogen) atoms. The molecule has 0 aromatic heterocycles. The van der Waals surface area contributed by atoms with Crippen LogP contribution < -0.4 is 10.0 Å². The molecule has 0 aliphatic carbocycles. The predicted molar refractivity (Wildman–Crippen MR) is 85.8 cm³/mol. The zero-order chi connectivity index (χ0) is 17.9. The van der Waals surface area contributed by atoms with E-state index < -0.39 is 41.4 Å². The molecule has 1 spiro atoms. The minimum atomic E-state index is -1.29. The molecule has 5 nitrogen and oxygen atoms in total. The quantitative estimate of drug-likeness (QED) is 0.771. The number of halogens is 1. The summed E-state index contributed by atoms with van der Waals surface area (Å²) < 4.78 is 19.3. The molecule has 4 rings (SSSR count). The summed E-state index contributed by atoms with van der Waals surface area (Å²) >= 11 is 0. The molecule has 0 N–H and O–H groups in total. The van der Waals surface area contributed by atoms with Crippen molar-refractivity contribution in [1.82, 2.24) is 0 Å². The van der Waals surface area contributed by atoms with E-state index in [0.29, 0.717) is 12.1 Å². The van der Waals surface area contributed by atoms with Crippen LogP contribution in [0.3, 0.4) is 0 Å². The molecule has 1 aromatic rings. The molecule has 1 amide bonds. The fourth-order valence-corrected chi connectivity index (χ4v) is 4.41. The van der Waals surface area contributed by atoms with Crippen molar-refractivity contribution in [1.29, 1.82) is 0 Å². The Morgan fingerprint density at radius 3 is 2.68 bits per heavy atom. The minimum absolute atomic E-state index is 0.334. The highest BCUT2D eigenvalue weighted by Gasteiger charge is 2.69. The van der Waals surface area contributed by atoms with Gasteiger partial charge in [0.2, 0.25) is 5.91 Å². The topological polar surface area (TPSA) is 69.7 Å². The lowest BCUT2D eigenvalue weighted by molar-refractivity contribution is -0.313. The van der Waals surface area contributed by atoms with Gasteiger partial charge in [-0.05, 0) is 37.6 Å². The van der Waals surface area contributed by atoms with Gasteiger partial charge in [-0.2, -0.15) is 0 Å². The van der Waals surface area contributed by atoms with Crippen LogP contribution in [0.2, 0.25) is 0 Å². The van der Waals surface area contributed by atoms with Crippen molar-refractivity contribution in [3.63, 3.8) is 0 Å². The van der Waals surface area contributed by atoms with Gasteiger partial charge in [0, 0.05) is 17.6 Å². The molecule has 2 fully saturated rings. The van der Waals surface area contributed by atoms with Crippen LogP contribution in [-0.2, 0) is 14.3 Å². The van der Waals surface area contributed by atoms with Crippen LogP contribution in [0.25, 0.3) is 0 Å². The van der Waals surface area contributed by atoms with E-state index in [1.807, 2.05) is 6.92 Å². The second kappa shape index (κ2) is 5.26. The number of amides is 1. The standard InChI is InChI=1S/C19H18FNO4/c1-10(2)9-14-19-8-7-13(25-19)15(18(23)24)16(19)17(22)21(14)12-5-3-11(20)4-6-12/h3-8,13-16H,1,9H2,2H3,(H,23,24)/p-1/t13-,14+,15-,16-,19-/m1/s1. The molecule has 0 saturated carbocycles. The Labute approximate surface area is 144 Å². The van der Waals surface area contributed by atoms with Crippen molar-refractivity contribution < 1.29 is 23.8 Å². The van der Waals surface area contributed by atoms with Crippen molar-refractivity contribution in [2.45, 2.75) is 31.1 Å². The summed E-state index contributed by atoms with van der Waals surface area (Å²) in [6, 6.07) is 5.15. The first-order valence-corrected chi connectivity index (χ1v) is 8.16. The van der Waals surface area contributed by atoms with E-state index in [9.17, 15) is 19.1 Å². The number of hydrogen-bond donors (Lipinski definition) is 0. The molecule has 0 radical (unpaired) electrons. The van der Waals surface area contributed by atoms with Crippen LogP contribution >= 0.6 is 0 Å². The minimum Gasteiger partial charge on any atom is -0.550 e. The molecule has 2 saturated heterocycles. The van der Waals surface area contributed by atoms with Crippen LogP contribution in [0.15, 0.2) is 48.6 Å². The Hall–Kier alpha value is -2.47. The fraction of sp³-hybridized carbons (Fsp3) is 0.368. The molecular formula is C19H17FNO4-. The first kappa shape index (κ1) is 16.0. The highest BCUT2D eigenvalue weighted by Crippen LogP contribution is 2.56. The largest absolute Gasteiger partial charge is 0.550 e. The summed E-state index contributed by atoms with van der Waals surface area (Å²) in [5, 5.41) is 11.6. The van der Waals surface area contributed by atoms with Crippen LogP contribution in [0.4, 0.5) is 10.1 Å². The van der Waals surface area contributed by atoms with Gasteiger partial charge < -0.3 is 19.5 Å². The first-order chi connectivity index (χ1) is 11.8. The Morgan fingerprint density at radius 1 is 1.40 bits per heavy atom. The third kappa shape index (κ3) is 2.10. The molecule has 3 heterocycles. The predicted octanol–water partition coefficient (Wildman–Crippen LogP) is 1.20. The number of carbonyl (C=O) groups is 2. The van der Waals surface area contributed by atoms with Crippen molar-refractivity contribution >= 4 is 17.6 Å². The average molecular weight is 342 g/mol. The lowest BCUT2D eigenvalue weighted by atomic mass is 9.74. The van der Waals surface area contributed by atoms with Crippen LogP contribution in [0, 0.1) is 17.7 Å². The molecule has 6 heteroatoms. The lowest BCUT2D eigenvalue weighted by Crippen LogP contribution is -2.46. The van der Waals surface area contributed by atoms with Gasteiger partial charge in [0.15, 0.2) is 0 Å². The second-order valence-electron chi connectivity index (χ2n) is 6.98. The summed E-state index contributed by atoms with van der Waals surface area (Å²) in [6.07, 6.45) is 3.30. The van der Waals surface area contributed by atoms with Gasteiger partial charge in [-0.15, -0.1) is 6.58 Å². The third-order valence-corrected chi connectivity index (χ3v) is 5.34. The van der Waals surface area contributed by atoms with Crippen molar-refractivity contribution in [3.8, 4) is 0 Å². The summed E-state index contributed by atoms with van der Waals surface area (Å²) in [6.45, 7) is 5.77. The number of fused-ring (bicyclic) bond motifs is 1. The van der Waals surface area contributed by atoms with E-state index in [1.54, 1.807) is 12.2 Å². The number of hydrogen-bond acceptors (Lipinski definition) is 4. The number of rotatable bonds is 4. The molecule has 5 atom stereocenters. The molecule has 2 bridgehead atoms. The fourth-order valence-electron chi connectivity index (χ4n) is 4.41. The number of aliphatic carboxylic acids is 1. The van der Waals surface area contributed by atoms with Gasteiger partial charge in [-0.1, -0.05) is 17.7 Å². The van der Waals surface area contributed by atoms with Gasteiger partial charge in [0.05, 0.1) is 18.1 Å². The van der Waals surface area contributed by atoms with E-state index in [2.05, 4.69) is 6.58 Å². The van der Waals surface area contributed by atoms with Crippen LogP contribution in [-0.4, -0.2) is 29.6 Å². The number of benzene rings is 1. The van der Waals surface area contributed by atoms with E-state index in [4.69, 9.17) is 4.74 Å². The van der Waals surface area contributed by atoms with Crippen molar-refractivity contribution in [2.24, 2.45) is 11.8 Å². The van der Waals surface area contributed by atoms with Gasteiger partial charge >= 0.3 is 0 Å². The lowest BCUT2D eigenvalue weighted by Gasteiger charge is -2.33. The van der Waals surface area contributed by atoms with Crippen LogP contribution in [0.1, 0.15) is 13.3 Å². The van der Waals surface area contributed by atoms with Crippen molar-refractivity contribution in [2.75, 3.05) is 4.90 Å². The number of carboxylic acids is 1. The Balaban J connectivity index is 1.84. The number of ether oxygens (including phenoxy) is 1. The number of nitrogens with zero attached hydrogens (tertiary/aromatic N) is 1. The number of carboxylic acid groups (broad SMARTS) is 1. The van der Waals surface area contributed by atoms with Gasteiger partial charge in [-0.3, -0.25) is 4.79 Å². The molecule has 3 aliphatic rings. The van der Waals surface area contributed by atoms with Gasteiger partial charge in [0.1, 0.15) is 11.4 Å². The third-order valence-electron chi connectivity index (χ3n) is 5.34. The van der Waals surface area contributed by atoms with Crippen LogP contribution in [0.5, 0.6) is 0 Å². The monoisotopic (exact) mass is 342 g/mol. The van der Waals surface area contributed by atoms with Gasteiger partial charge in [0.25, 0.3) is 0 Å². The summed E-state index contributed by atoms with van der Waals surface area (Å²) in [5.74, 6) is -3.89. The molecule has 0 unspecified atom stereocenters. The molecule has 3 aliphatic heterocycles. The maximum atomic E-state index is 13.3. The van der Waals surface area contributed by atoms with E-state index in [0.717, 1.165) is 5.57 Å². The molecular weight excluding hydrogens is 325 g/mol. The maximum absolute atomic E-state index is 13.3. The number of carbonyl (C=O) groups excluding carboxylic acids is 2. The van der Waals surface area contributed by atoms with E-state index >= 15 is 0 Å². The summed E-state index contributed by atoms with van der Waals surface area (Å²) in [4.78, 5) is 26.3. The summed E-state index contributed by atoms with van der Waals surface area (Å²) in [5.41, 5.74) is 0.344. The zero-order valence-electron chi connectivity index (χ0n) is 13.6. The molecule has 130 valence electrons. The summed E-state index contributed by atoms with van der Waals surface area (Å²) in [7, 11) is 0. The number of anilines is 1. The zero-order valence-corrected chi connectivity index (χ0v) is 13.6. The van der Waals surface area contributed by atoms with E-state index in [1.165, 1.54) is 29.2 Å². The maximum Gasteiger partial charge on any atom is 0.234 e.